The quantitative estimate of drug-likeness (QED) is 0.318. The molecule has 0 radical (unpaired) electrons. The van der Waals surface area contributed by atoms with Gasteiger partial charge in [0.25, 0.3) is 5.69 Å². The van der Waals surface area contributed by atoms with Crippen LogP contribution in [-0.4, -0.2) is 17.3 Å². The minimum absolute atomic E-state index is 0.0969. The van der Waals surface area contributed by atoms with Crippen LogP contribution in [0.4, 0.5) is 5.69 Å². The molecule has 2 aromatic rings. The first-order chi connectivity index (χ1) is 9.97. The van der Waals surface area contributed by atoms with Crippen molar-refractivity contribution < 1.29 is 14.5 Å². The highest BCUT2D eigenvalue weighted by Gasteiger charge is 2.12. The van der Waals surface area contributed by atoms with Crippen molar-refractivity contribution in [3.05, 3.63) is 66.7 Å². The Balaban J connectivity index is 2.04. The molecule has 0 heterocycles. The van der Waals surface area contributed by atoms with Gasteiger partial charge in [0.1, 0.15) is 5.75 Å². The lowest BCUT2D eigenvalue weighted by Crippen LogP contribution is -2.11. The predicted molar refractivity (Wildman–Crippen MR) is 87.1 cm³/mol. The highest BCUT2D eigenvalue weighted by Crippen LogP contribution is 2.28. The van der Waals surface area contributed by atoms with Crippen LogP contribution in [0.15, 0.2) is 42.5 Å². The maximum Gasteiger partial charge on any atom is 0.271 e. The SMILES string of the molecule is O=C(COc1ccc([N+](=O)[O-])cc1Cl)c1ccc(I)cc1. The molecule has 0 saturated heterocycles. The van der Waals surface area contributed by atoms with Crippen molar-refractivity contribution in [2.24, 2.45) is 0 Å². The maximum absolute atomic E-state index is 11.9. The van der Waals surface area contributed by atoms with E-state index in [1.165, 1.54) is 18.2 Å². The summed E-state index contributed by atoms with van der Waals surface area (Å²) in [7, 11) is 0. The molecule has 0 fully saturated rings. The van der Waals surface area contributed by atoms with E-state index in [1.54, 1.807) is 12.1 Å². The summed E-state index contributed by atoms with van der Waals surface area (Å²) in [5.74, 6) is 0.0435. The van der Waals surface area contributed by atoms with E-state index in [9.17, 15) is 14.9 Å². The van der Waals surface area contributed by atoms with Crippen molar-refractivity contribution in [2.75, 3.05) is 6.61 Å². The number of Topliss-reactive ketones (excluding diaryl/α,β-unsaturated/α-hetero) is 1. The van der Waals surface area contributed by atoms with Gasteiger partial charge in [0.15, 0.2) is 12.4 Å². The summed E-state index contributed by atoms with van der Waals surface area (Å²) in [4.78, 5) is 22.0. The molecule has 7 heteroatoms. The number of benzene rings is 2. The number of ether oxygens (including phenoxy) is 1. The molecular formula is C14H9ClINO4. The average Bonchev–Trinajstić information content (AvgIpc) is 2.46. The van der Waals surface area contributed by atoms with E-state index in [0.717, 1.165) is 3.57 Å². The second-order valence-corrected chi connectivity index (χ2v) is 5.74. The summed E-state index contributed by atoms with van der Waals surface area (Å²) in [6.07, 6.45) is 0. The number of non-ortho nitro benzene ring substituents is 1. The molecule has 0 aliphatic rings. The van der Waals surface area contributed by atoms with Crippen LogP contribution in [0.1, 0.15) is 10.4 Å². The van der Waals surface area contributed by atoms with Gasteiger partial charge in [-0.25, -0.2) is 0 Å². The fourth-order valence-electron chi connectivity index (χ4n) is 1.58. The Labute approximate surface area is 139 Å². The number of carbonyl (C=O) groups is 1. The molecule has 5 nitrogen and oxygen atoms in total. The number of nitrogens with zero attached hydrogens (tertiary/aromatic N) is 1. The van der Waals surface area contributed by atoms with Crippen LogP contribution in [0.2, 0.25) is 5.02 Å². The predicted octanol–water partition coefficient (Wildman–Crippen LogP) is 4.11. The van der Waals surface area contributed by atoms with Gasteiger partial charge in [0, 0.05) is 21.3 Å². The summed E-state index contributed by atoms with van der Waals surface area (Å²) in [5.41, 5.74) is 0.407. The lowest BCUT2D eigenvalue weighted by Gasteiger charge is -2.07. The van der Waals surface area contributed by atoms with Gasteiger partial charge in [-0.15, -0.1) is 0 Å². The number of halogens is 2. The number of carbonyl (C=O) groups excluding carboxylic acids is 1. The summed E-state index contributed by atoms with van der Waals surface area (Å²) >= 11 is 8.03. The van der Waals surface area contributed by atoms with Crippen molar-refractivity contribution >= 4 is 45.7 Å². The minimum Gasteiger partial charge on any atom is -0.484 e. The summed E-state index contributed by atoms with van der Waals surface area (Å²) in [6.45, 7) is -0.182. The van der Waals surface area contributed by atoms with Crippen LogP contribution in [-0.2, 0) is 0 Å². The molecule has 0 unspecified atom stereocenters. The molecule has 2 rings (SSSR count). The van der Waals surface area contributed by atoms with Gasteiger partial charge in [-0.2, -0.15) is 0 Å². The summed E-state index contributed by atoms with van der Waals surface area (Å²) < 4.78 is 6.34. The zero-order valence-corrected chi connectivity index (χ0v) is 13.5. The molecule has 0 amide bonds. The number of ketones is 1. The molecule has 108 valence electrons. The third-order valence-electron chi connectivity index (χ3n) is 2.65. The second kappa shape index (κ2) is 6.86. The molecule has 2 aromatic carbocycles. The molecule has 0 atom stereocenters. The molecule has 0 saturated carbocycles. The molecule has 0 aromatic heterocycles. The van der Waals surface area contributed by atoms with Crippen LogP contribution in [0.25, 0.3) is 0 Å². The van der Waals surface area contributed by atoms with Crippen LogP contribution < -0.4 is 4.74 Å². The molecular weight excluding hydrogens is 409 g/mol. The van der Waals surface area contributed by atoms with E-state index in [1.807, 2.05) is 12.1 Å². The largest absolute Gasteiger partial charge is 0.484 e. The standard InChI is InChI=1S/C14H9ClINO4/c15-12-7-11(17(19)20)5-6-14(12)21-8-13(18)9-1-3-10(16)4-2-9/h1-7H,8H2. The van der Waals surface area contributed by atoms with Gasteiger partial charge in [-0.3, -0.25) is 14.9 Å². The number of hydrogen-bond acceptors (Lipinski definition) is 4. The van der Waals surface area contributed by atoms with Crippen LogP contribution in [0.3, 0.4) is 0 Å². The van der Waals surface area contributed by atoms with E-state index >= 15 is 0 Å². The Morgan fingerprint density at radius 1 is 1.24 bits per heavy atom. The molecule has 0 spiro atoms. The molecule has 0 aliphatic carbocycles. The summed E-state index contributed by atoms with van der Waals surface area (Å²) in [5, 5.41) is 10.7. The van der Waals surface area contributed by atoms with E-state index < -0.39 is 4.92 Å². The number of hydrogen-bond donors (Lipinski definition) is 0. The first-order valence-electron chi connectivity index (χ1n) is 5.83. The average molecular weight is 418 g/mol. The van der Waals surface area contributed by atoms with Crippen molar-refractivity contribution in [1.82, 2.24) is 0 Å². The Morgan fingerprint density at radius 2 is 1.90 bits per heavy atom. The van der Waals surface area contributed by atoms with Crippen molar-refractivity contribution in [3.63, 3.8) is 0 Å². The highest BCUT2D eigenvalue weighted by molar-refractivity contribution is 14.1. The smallest absolute Gasteiger partial charge is 0.271 e. The minimum atomic E-state index is -0.549. The van der Waals surface area contributed by atoms with E-state index in [-0.39, 0.29) is 28.8 Å². The molecule has 0 aliphatic heterocycles. The normalized spacial score (nSPS) is 10.2. The van der Waals surface area contributed by atoms with Crippen molar-refractivity contribution in [1.29, 1.82) is 0 Å². The van der Waals surface area contributed by atoms with Gasteiger partial charge >= 0.3 is 0 Å². The summed E-state index contributed by atoms with van der Waals surface area (Å²) in [6, 6.07) is 10.9. The Morgan fingerprint density at radius 3 is 2.48 bits per heavy atom. The topological polar surface area (TPSA) is 69.4 Å². The Hall–Kier alpha value is -1.67. The Kier molecular flexibility index (Phi) is 5.13. The monoisotopic (exact) mass is 417 g/mol. The van der Waals surface area contributed by atoms with Crippen molar-refractivity contribution in [2.45, 2.75) is 0 Å². The fourth-order valence-corrected chi connectivity index (χ4v) is 2.17. The van der Waals surface area contributed by atoms with Crippen LogP contribution in [0, 0.1) is 13.7 Å². The number of nitro groups is 1. The van der Waals surface area contributed by atoms with Gasteiger partial charge in [0.05, 0.1) is 9.95 Å². The van der Waals surface area contributed by atoms with Gasteiger partial charge in [-0.1, -0.05) is 23.7 Å². The first kappa shape index (κ1) is 15.7. The highest BCUT2D eigenvalue weighted by atomic mass is 127. The van der Waals surface area contributed by atoms with E-state index in [0.29, 0.717) is 5.56 Å². The zero-order chi connectivity index (χ0) is 15.4. The van der Waals surface area contributed by atoms with E-state index in [2.05, 4.69) is 22.6 Å². The lowest BCUT2D eigenvalue weighted by atomic mass is 10.1. The van der Waals surface area contributed by atoms with Crippen LogP contribution >= 0.6 is 34.2 Å². The molecule has 21 heavy (non-hydrogen) atoms. The first-order valence-corrected chi connectivity index (χ1v) is 7.28. The van der Waals surface area contributed by atoms with Gasteiger partial charge in [0.2, 0.25) is 0 Å². The lowest BCUT2D eigenvalue weighted by molar-refractivity contribution is -0.384. The number of rotatable bonds is 5. The number of nitro benzene ring substituents is 1. The van der Waals surface area contributed by atoms with Gasteiger partial charge < -0.3 is 4.74 Å². The molecule has 0 bridgehead atoms. The maximum atomic E-state index is 11.9. The van der Waals surface area contributed by atoms with Crippen LogP contribution in [0.5, 0.6) is 5.75 Å². The third kappa shape index (κ3) is 4.15. The van der Waals surface area contributed by atoms with Gasteiger partial charge in [-0.05, 0) is 40.8 Å². The second-order valence-electron chi connectivity index (χ2n) is 4.09. The van der Waals surface area contributed by atoms with Crippen molar-refractivity contribution in [3.8, 4) is 5.75 Å². The Bertz CT molecular complexity index is 688. The zero-order valence-electron chi connectivity index (χ0n) is 10.6. The third-order valence-corrected chi connectivity index (χ3v) is 3.67. The molecule has 0 N–H and O–H groups in total. The fraction of sp³-hybridized carbons (Fsp3) is 0.0714. The van der Waals surface area contributed by atoms with E-state index in [4.69, 9.17) is 16.3 Å².